The number of benzene rings is 1. The van der Waals surface area contributed by atoms with Crippen LogP contribution < -0.4 is 11.2 Å². The summed E-state index contributed by atoms with van der Waals surface area (Å²) in [4.78, 5) is 37.0. The Morgan fingerprint density at radius 1 is 1.06 bits per heavy atom. The van der Waals surface area contributed by atoms with Crippen molar-refractivity contribution in [3.05, 3.63) is 68.5 Å². The number of aromatic amines is 1. The van der Waals surface area contributed by atoms with Crippen molar-refractivity contribution in [2.75, 3.05) is 0 Å². The Morgan fingerprint density at radius 2 is 1.84 bits per heavy atom. The molecule has 31 heavy (non-hydrogen) atoms. The van der Waals surface area contributed by atoms with Gasteiger partial charge in [0.2, 0.25) is 5.28 Å². The fourth-order valence-corrected chi connectivity index (χ4v) is 3.74. The first-order chi connectivity index (χ1) is 15.1. The number of nitrogens with zero attached hydrogens (tertiary/aromatic N) is 4. The minimum atomic E-state index is -0.394. The Balaban J connectivity index is 1.46. The predicted octanol–water partition coefficient (Wildman–Crippen LogP) is 4.02. The summed E-state index contributed by atoms with van der Waals surface area (Å²) in [6.45, 7) is 2.84. The fraction of sp³-hybridized carbons (Fsp3) is 0.364. The standard InChI is InChI=1S/C22H24ClN5O3/c1-2-3-12-27-19-18(25-21(23)26-19)20(29)28(22(27)30)13-8-7-11-17-24-14-16(31-17)15-9-5-4-6-10-15/h4-6,9-10,14H,2-3,7-8,11-13H2,1H3,(H,25,26). The zero-order valence-electron chi connectivity index (χ0n) is 17.3. The number of hydrogen-bond acceptors (Lipinski definition) is 5. The van der Waals surface area contributed by atoms with E-state index >= 15 is 0 Å². The third-order valence-corrected chi connectivity index (χ3v) is 5.38. The van der Waals surface area contributed by atoms with Crippen LogP contribution in [0.25, 0.3) is 22.5 Å². The van der Waals surface area contributed by atoms with E-state index in [1.165, 1.54) is 9.13 Å². The largest absolute Gasteiger partial charge is 0.441 e. The second kappa shape index (κ2) is 9.34. The molecule has 0 saturated heterocycles. The zero-order valence-corrected chi connectivity index (χ0v) is 18.1. The number of H-pyrrole nitrogens is 1. The van der Waals surface area contributed by atoms with Gasteiger partial charge in [-0.2, -0.15) is 4.98 Å². The van der Waals surface area contributed by atoms with Gasteiger partial charge in [-0.3, -0.25) is 13.9 Å². The Morgan fingerprint density at radius 3 is 2.61 bits per heavy atom. The number of halogens is 1. The van der Waals surface area contributed by atoms with Crippen LogP contribution in [-0.4, -0.2) is 24.1 Å². The SMILES string of the molecule is CCCCn1c(=O)n(CCCCc2ncc(-c3ccccc3)o2)c(=O)c2[nH]c(Cl)nc21. The number of fused-ring (bicyclic) bond motifs is 1. The van der Waals surface area contributed by atoms with Crippen molar-refractivity contribution < 1.29 is 4.42 Å². The molecular weight excluding hydrogens is 418 g/mol. The average Bonchev–Trinajstić information content (AvgIpc) is 3.40. The van der Waals surface area contributed by atoms with E-state index in [0.717, 1.165) is 30.6 Å². The fourth-order valence-electron chi connectivity index (χ4n) is 3.56. The van der Waals surface area contributed by atoms with Crippen molar-refractivity contribution in [3.63, 3.8) is 0 Å². The predicted molar refractivity (Wildman–Crippen MR) is 119 cm³/mol. The second-order valence-electron chi connectivity index (χ2n) is 7.41. The van der Waals surface area contributed by atoms with Gasteiger partial charge in [0.1, 0.15) is 0 Å². The number of aromatic nitrogens is 5. The van der Waals surface area contributed by atoms with E-state index in [-0.39, 0.29) is 16.5 Å². The molecule has 162 valence electrons. The summed E-state index contributed by atoms with van der Waals surface area (Å²) in [5.41, 5.74) is 0.817. The van der Waals surface area contributed by atoms with Gasteiger partial charge < -0.3 is 9.40 Å². The molecule has 0 unspecified atom stereocenters. The molecular formula is C22H24ClN5O3. The van der Waals surface area contributed by atoms with Crippen molar-refractivity contribution in [1.82, 2.24) is 24.1 Å². The summed E-state index contributed by atoms with van der Waals surface area (Å²) in [6, 6.07) is 9.79. The number of unbranched alkanes of at least 4 members (excludes halogenated alkanes) is 2. The van der Waals surface area contributed by atoms with E-state index in [1.54, 1.807) is 6.20 Å². The molecule has 0 saturated carbocycles. The minimum Gasteiger partial charge on any atom is -0.441 e. The molecule has 1 aromatic carbocycles. The van der Waals surface area contributed by atoms with Crippen molar-refractivity contribution in [2.45, 2.75) is 52.1 Å². The van der Waals surface area contributed by atoms with Gasteiger partial charge in [-0.1, -0.05) is 43.7 Å². The lowest BCUT2D eigenvalue weighted by Gasteiger charge is -2.10. The summed E-state index contributed by atoms with van der Waals surface area (Å²) < 4.78 is 8.61. The first kappa shape index (κ1) is 21.1. The van der Waals surface area contributed by atoms with E-state index in [1.807, 2.05) is 37.3 Å². The highest BCUT2D eigenvalue weighted by molar-refractivity contribution is 6.28. The molecule has 3 aromatic heterocycles. The number of aryl methyl sites for hydroxylation is 2. The van der Waals surface area contributed by atoms with Crippen LogP contribution >= 0.6 is 11.6 Å². The van der Waals surface area contributed by atoms with Crippen molar-refractivity contribution in [1.29, 1.82) is 0 Å². The van der Waals surface area contributed by atoms with Crippen molar-refractivity contribution in [3.8, 4) is 11.3 Å². The maximum absolute atomic E-state index is 12.9. The van der Waals surface area contributed by atoms with Gasteiger partial charge >= 0.3 is 5.69 Å². The third-order valence-electron chi connectivity index (χ3n) is 5.20. The molecule has 1 N–H and O–H groups in total. The highest BCUT2D eigenvalue weighted by Crippen LogP contribution is 2.20. The van der Waals surface area contributed by atoms with Gasteiger partial charge in [0.15, 0.2) is 22.8 Å². The van der Waals surface area contributed by atoms with Crippen LogP contribution in [-0.2, 0) is 19.5 Å². The molecule has 9 heteroatoms. The molecule has 8 nitrogen and oxygen atoms in total. The lowest BCUT2D eigenvalue weighted by molar-refractivity contribution is 0.476. The summed E-state index contributed by atoms with van der Waals surface area (Å²) >= 11 is 5.96. The molecule has 0 aliphatic rings. The van der Waals surface area contributed by atoms with Gasteiger partial charge in [-0.25, -0.2) is 9.78 Å². The average molecular weight is 442 g/mol. The molecule has 0 amide bonds. The summed E-state index contributed by atoms with van der Waals surface area (Å²) in [7, 11) is 0. The van der Waals surface area contributed by atoms with E-state index in [2.05, 4.69) is 15.0 Å². The van der Waals surface area contributed by atoms with Gasteiger partial charge in [0.05, 0.1) is 6.20 Å². The Hall–Kier alpha value is -3.13. The Bertz CT molecular complexity index is 1290. The molecule has 3 heterocycles. The molecule has 0 radical (unpaired) electrons. The van der Waals surface area contributed by atoms with Gasteiger partial charge in [-0.05, 0) is 30.9 Å². The number of oxazole rings is 1. The lowest BCUT2D eigenvalue weighted by atomic mass is 10.2. The second-order valence-corrected chi connectivity index (χ2v) is 7.77. The molecule has 4 aromatic rings. The van der Waals surface area contributed by atoms with E-state index < -0.39 is 5.56 Å². The van der Waals surface area contributed by atoms with Crippen LogP contribution in [0, 0.1) is 0 Å². The molecule has 4 rings (SSSR count). The minimum absolute atomic E-state index is 0.104. The van der Waals surface area contributed by atoms with Crippen LogP contribution in [0.3, 0.4) is 0 Å². The van der Waals surface area contributed by atoms with Crippen LogP contribution in [0.1, 0.15) is 38.5 Å². The highest BCUT2D eigenvalue weighted by Gasteiger charge is 2.16. The number of imidazole rings is 1. The summed E-state index contributed by atoms with van der Waals surface area (Å²) in [5.74, 6) is 1.37. The van der Waals surface area contributed by atoms with Crippen LogP contribution in [0.5, 0.6) is 0 Å². The maximum Gasteiger partial charge on any atom is 0.332 e. The maximum atomic E-state index is 12.9. The van der Waals surface area contributed by atoms with E-state index in [0.29, 0.717) is 37.5 Å². The zero-order chi connectivity index (χ0) is 21.8. The monoisotopic (exact) mass is 441 g/mol. The topological polar surface area (TPSA) is 98.7 Å². The number of nitrogens with one attached hydrogen (secondary N) is 1. The van der Waals surface area contributed by atoms with Crippen molar-refractivity contribution in [2.24, 2.45) is 0 Å². The highest BCUT2D eigenvalue weighted by atomic mass is 35.5. The van der Waals surface area contributed by atoms with Gasteiger partial charge in [-0.15, -0.1) is 0 Å². The van der Waals surface area contributed by atoms with Crippen LogP contribution in [0.15, 0.2) is 50.5 Å². The van der Waals surface area contributed by atoms with Crippen LogP contribution in [0.4, 0.5) is 0 Å². The van der Waals surface area contributed by atoms with Gasteiger partial charge in [0, 0.05) is 25.1 Å². The molecule has 0 fully saturated rings. The van der Waals surface area contributed by atoms with E-state index in [4.69, 9.17) is 16.0 Å². The molecule has 0 bridgehead atoms. The first-order valence-corrected chi connectivity index (χ1v) is 10.8. The molecule has 0 atom stereocenters. The summed E-state index contributed by atoms with van der Waals surface area (Å²) in [6.07, 6.45) is 5.45. The van der Waals surface area contributed by atoms with E-state index in [9.17, 15) is 9.59 Å². The smallest absolute Gasteiger partial charge is 0.332 e. The number of rotatable bonds is 9. The van der Waals surface area contributed by atoms with Gasteiger partial charge in [0.25, 0.3) is 5.56 Å². The summed E-state index contributed by atoms with van der Waals surface area (Å²) in [5, 5.41) is 0.104. The molecule has 0 aliphatic heterocycles. The third kappa shape index (κ3) is 4.49. The Kier molecular flexibility index (Phi) is 6.36. The van der Waals surface area contributed by atoms with Crippen molar-refractivity contribution >= 4 is 22.8 Å². The number of hydrogen-bond donors (Lipinski definition) is 1. The lowest BCUT2D eigenvalue weighted by Crippen LogP contribution is -2.40. The van der Waals surface area contributed by atoms with Crippen LogP contribution in [0.2, 0.25) is 5.28 Å². The first-order valence-electron chi connectivity index (χ1n) is 10.5. The normalized spacial score (nSPS) is 11.4. The molecule has 0 aliphatic carbocycles. The quantitative estimate of drug-likeness (QED) is 0.312. The molecule has 0 spiro atoms. The Labute approximate surface area is 183 Å².